The Kier molecular flexibility index (Phi) is 5.51. The molecule has 0 saturated carbocycles. The number of aromatic amines is 1. The Morgan fingerprint density at radius 2 is 2.15 bits per heavy atom. The number of ether oxygens (including phenoxy) is 2. The summed E-state index contributed by atoms with van der Waals surface area (Å²) in [6.45, 7) is 5.24. The van der Waals surface area contributed by atoms with E-state index in [9.17, 15) is 9.59 Å². The lowest BCUT2D eigenvalue weighted by molar-refractivity contribution is -0.143. The van der Waals surface area contributed by atoms with Crippen LogP contribution >= 0.6 is 0 Å². The van der Waals surface area contributed by atoms with E-state index in [4.69, 9.17) is 4.74 Å². The van der Waals surface area contributed by atoms with Crippen molar-refractivity contribution in [3.05, 3.63) is 18.2 Å². The van der Waals surface area contributed by atoms with E-state index in [2.05, 4.69) is 25.6 Å². The van der Waals surface area contributed by atoms with Gasteiger partial charge in [0.25, 0.3) is 0 Å². The number of carbonyl (C=O) groups excluding carboxylic acids is 2. The molecule has 0 saturated heterocycles. The maximum absolute atomic E-state index is 11.6. The van der Waals surface area contributed by atoms with E-state index in [-0.39, 0.29) is 0 Å². The highest BCUT2D eigenvalue weighted by Gasteiger charge is 2.22. The minimum Gasteiger partial charge on any atom is -0.468 e. The molecular formula is C12H20N4O4. The number of nitrogens with one attached hydrogen (secondary N) is 3. The van der Waals surface area contributed by atoms with E-state index in [0.29, 0.717) is 6.42 Å². The number of hydrogen-bond donors (Lipinski definition) is 3. The van der Waals surface area contributed by atoms with E-state index in [1.165, 1.54) is 13.4 Å². The first-order valence-corrected chi connectivity index (χ1v) is 6.11. The van der Waals surface area contributed by atoms with Crippen LogP contribution in [-0.4, -0.2) is 40.8 Å². The summed E-state index contributed by atoms with van der Waals surface area (Å²) in [5, 5.41) is 0. The normalized spacial score (nSPS) is 12.6. The molecule has 0 radical (unpaired) electrons. The predicted octanol–water partition coefficient (Wildman–Crippen LogP) is 0.523. The second-order valence-electron chi connectivity index (χ2n) is 5.13. The van der Waals surface area contributed by atoms with Crippen LogP contribution in [0.4, 0.5) is 4.79 Å². The van der Waals surface area contributed by atoms with E-state index in [0.717, 1.165) is 5.69 Å². The molecule has 1 rings (SSSR count). The molecule has 1 heterocycles. The zero-order valence-electron chi connectivity index (χ0n) is 12.0. The Morgan fingerprint density at radius 3 is 2.65 bits per heavy atom. The molecule has 0 spiro atoms. The van der Waals surface area contributed by atoms with Crippen LogP contribution in [0.2, 0.25) is 0 Å². The van der Waals surface area contributed by atoms with Gasteiger partial charge in [0.05, 0.1) is 13.4 Å². The first-order chi connectivity index (χ1) is 9.31. The number of imidazole rings is 1. The Balaban J connectivity index is 2.53. The minimum absolute atomic E-state index is 0.294. The number of H-pyrrole nitrogens is 1. The molecule has 1 amide bonds. The number of nitrogens with zero attached hydrogens (tertiary/aromatic N) is 1. The second kappa shape index (κ2) is 6.90. The molecule has 1 atom stereocenters. The molecule has 3 N–H and O–H groups in total. The average molecular weight is 284 g/mol. The van der Waals surface area contributed by atoms with Crippen molar-refractivity contribution < 1.29 is 19.1 Å². The highest BCUT2D eigenvalue weighted by Crippen LogP contribution is 2.06. The molecule has 0 aliphatic carbocycles. The molecule has 0 bridgehead atoms. The van der Waals surface area contributed by atoms with Crippen molar-refractivity contribution in [3.63, 3.8) is 0 Å². The second-order valence-corrected chi connectivity index (χ2v) is 5.13. The van der Waals surface area contributed by atoms with Crippen molar-refractivity contribution in [2.75, 3.05) is 7.11 Å². The molecule has 0 aromatic carbocycles. The number of amides is 1. The van der Waals surface area contributed by atoms with Crippen molar-refractivity contribution in [1.29, 1.82) is 0 Å². The standard InChI is InChI=1S/C12H20N4O4/c1-12(2,3)20-11(18)16-15-9(10(17)19-4)5-8-6-13-7-14-8/h6-7,9,15H,5H2,1-4H3,(H,13,14)(H,16,18)/t9-/m0/s1. The van der Waals surface area contributed by atoms with Gasteiger partial charge in [0.15, 0.2) is 0 Å². The van der Waals surface area contributed by atoms with Gasteiger partial charge in [-0.3, -0.25) is 10.2 Å². The number of methoxy groups -OCH3 is 1. The summed E-state index contributed by atoms with van der Waals surface area (Å²) in [6, 6.07) is -0.743. The van der Waals surface area contributed by atoms with Gasteiger partial charge in [-0.15, -0.1) is 0 Å². The van der Waals surface area contributed by atoms with Crippen LogP contribution < -0.4 is 10.9 Å². The molecule has 20 heavy (non-hydrogen) atoms. The largest absolute Gasteiger partial charge is 0.468 e. The molecule has 1 aromatic heterocycles. The van der Waals surface area contributed by atoms with Gasteiger partial charge in [0.1, 0.15) is 11.6 Å². The zero-order chi connectivity index (χ0) is 15.2. The molecule has 8 nitrogen and oxygen atoms in total. The lowest BCUT2D eigenvalue weighted by Crippen LogP contribution is -2.50. The third kappa shape index (κ3) is 5.70. The third-order valence-corrected chi connectivity index (χ3v) is 2.21. The number of aromatic nitrogens is 2. The van der Waals surface area contributed by atoms with Crippen LogP contribution in [0.3, 0.4) is 0 Å². The van der Waals surface area contributed by atoms with Crippen LogP contribution in [0.25, 0.3) is 0 Å². The van der Waals surface area contributed by atoms with Crippen LogP contribution in [0, 0.1) is 0 Å². The van der Waals surface area contributed by atoms with E-state index in [1.807, 2.05) is 0 Å². The Hall–Kier alpha value is -2.09. The highest BCUT2D eigenvalue weighted by molar-refractivity contribution is 5.76. The fraction of sp³-hybridized carbons (Fsp3) is 0.583. The first-order valence-electron chi connectivity index (χ1n) is 6.11. The minimum atomic E-state index is -0.743. The smallest absolute Gasteiger partial charge is 0.422 e. The summed E-state index contributed by atoms with van der Waals surface area (Å²) in [5.74, 6) is -0.504. The van der Waals surface area contributed by atoms with Gasteiger partial charge < -0.3 is 14.5 Å². The average Bonchev–Trinajstić information content (AvgIpc) is 2.84. The van der Waals surface area contributed by atoms with Crippen LogP contribution in [-0.2, 0) is 20.7 Å². The summed E-state index contributed by atoms with van der Waals surface area (Å²) in [4.78, 5) is 29.9. The molecule has 0 unspecified atom stereocenters. The molecule has 8 heteroatoms. The van der Waals surface area contributed by atoms with E-state index in [1.54, 1.807) is 27.0 Å². The topological polar surface area (TPSA) is 105 Å². The number of esters is 1. The fourth-order valence-electron chi connectivity index (χ4n) is 1.40. The fourth-order valence-corrected chi connectivity index (χ4v) is 1.40. The van der Waals surface area contributed by atoms with Gasteiger partial charge in [-0.25, -0.2) is 15.2 Å². The number of hydrazine groups is 1. The zero-order valence-corrected chi connectivity index (χ0v) is 12.0. The van der Waals surface area contributed by atoms with Gasteiger partial charge in [-0.1, -0.05) is 0 Å². The van der Waals surface area contributed by atoms with Gasteiger partial charge in [0.2, 0.25) is 0 Å². The first kappa shape index (κ1) is 16.0. The third-order valence-electron chi connectivity index (χ3n) is 2.21. The van der Waals surface area contributed by atoms with Gasteiger partial charge in [-0.2, -0.15) is 0 Å². The molecule has 1 aromatic rings. The number of hydrogen-bond acceptors (Lipinski definition) is 6. The summed E-state index contributed by atoms with van der Waals surface area (Å²) < 4.78 is 9.72. The molecule has 112 valence electrons. The maximum atomic E-state index is 11.6. The number of carbonyl (C=O) groups is 2. The summed E-state index contributed by atoms with van der Waals surface area (Å²) in [5.41, 5.74) is 5.02. The van der Waals surface area contributed by atoms with Crippen molar-refractivity contribution in [3.8, 4) is 0 Å². The summed E-state index contributed by atoms with van der Waals surface area (Å²) >= 11 is 0. The quantitative estimate of drug-likeness (QED) is 0.538. The molecule has 0 aliphatic rings. The van der Waals surface area contributed by atoms with Gasteiger partial charge in [0, 0.05) is 18.3 Å². The Bertz CT molecular complexity index is 439. The van der Waals surface area contributed by atoms with Crippen molar-refractivity contribution in [2.24, 2.45) is 0 Å². The SMILES string of the molecule is COC(=O)[C@H](Cc1cnc[nH]1)NNC(=O)OC(C)(C)C. The van der Waals surface area contributed by atoms with Crippen LogP contribution in [0.15, 0.2) is 12.5 Å². The Labute approximate surface area is 117 Å². The monoisotopic (exact) mass is 284 g/mol. The van der Waals surface area contributed by atoms with E-state index < -0.39 is 23.7 Å². The number of rotatable bonds is 5. The highest BCUT2D eigenvalue weighted by atomic mass is 16.6. The van der Waals surface area contributed by atoms with Crippen molar-refractivity contribution in [1.82, 2.24) is 20.8 Å². The molecule has 0 aliphatic heterocycles. The maximum Gasteiger partial charge on any atom is 0.422 e. The van der Waals surface area contributed by atoms with Gasteiger partial charge in [-0.05, 0) is 20.8 Å². The van der Waals surface area contributed by atoms with E-state index >= 15 is 0 Å². The predicted molar refractivity (Wildman–Crippen MR) is 70.6 cm³/mol. The molecular weight excluding hydrogens is 264 g/mol. The molecule has 0 fully saturated rings. The van der Waals surface area contributed by atoms with Gasteiger partial charge >= 0.3 is 12.1 Å². The summed E-state index contributed by atoms with van der Waals surface area (Å²) in [7, 11) is 1.28. The Morgan fingerprint density at radius 1 is 1.45 bits per heavy atom. The lowest BCUT2D eigenvalue weighted by Gasteiger charge is -2.21. The summed E-state index contributed by atoms with van der Waals surface area (Å²) in [6.07, 6.45) is 2.72. The van der Waals surface area contributed by atoms with Crippen LogP contribution in [0.1, 0.15) is 26.5 Å². The lowest BCUT2D eigenvalue weighted by atomic mass is 10.2. The van der Waals surface area contributed by atoms with Crippen molar-refractivity contribution >= 4 is 12.1 Å². The van der Waals surface area contributed by atoms with Crippen molar-refractivity contribution in [2.45, 2.75) is 38.8 Å². The van der Waals surface area contributed by atoms with Crippen LogP contribution in [0.5, 0.6) is 0 Å².